The van der Waals surface area contributed by atoms with Crippen LogP contribution in [-0.2, 0) is 4.79 Å². The summed E-state index contributed by atoms with van der Waals surface area (Å²) < 4.78 is 0. The van der Waals surface area contributed by atoms with Crippen molar-refractivity contribution in [3.05, 3.63) is 0 Å². The van der Waals surface area contributed by atoms with Gasteiger partial charge in [-0.3, -0.25) is 4.79 Å². The van der Waals surface area contributed by atoms with Gasteiger partial charge in [-0.1, -0.05) is 12.8 Å². The van der Waals surface area contributed by atoms with E-state index in [2.05, 4.69) is 5.32 Å². The fourth-order valence-corrected chi connectivity index (χ4v) is 2.60. The number of amides is 2. The Bertz CT molecular complexity index is 335. The first-order valence-corrected chi connectivity index (χ1v) is 6.76. The summed E-state index contributed by atoms with van der Waals surface area (Å²) in [4.78, 5) is 24.7. The number of carboxylic acids is 1. The normalized spacial score (nSPS) is 21.6. The number of hydrogen-bond donors (Lipinski definition) is 2. The summed E-state index contributed by atoms with van der Waals surface area (Å²) in [6.07, 6.45) is 5.97. The lowest BCUT2D eigenvalue weighted by molar-refractivity contribution is -0.153. The van der Waals surface area contributed by atoms with Crippen LogP contribution in [0.2, 0.25) is 0 Å². The molecule has 0 atom stereocenters. The molecule has 5 heteroatoms. The van der Waals surface area contributed by atoms with Gasteiger partial charge in [0.1, 0.15) is 0 Å². The Labute approximate surface area is 108 Å². The SMILES string of the molecule is CN(CC1CCC1)C(=O)NCC1(C(=O)O)CCC1. The molecule has 102 valence electrons. The number of urea groups is 1. The molecule has 0 radical (unpaired) electrons. The van der Waals surface area contributed by atoms with Crippen molar-refractivity contribution in [1.82, 2.24) is 10.2 Å². The molecule has 2 fully saturated rings. The largest absolute Gasteiger partial charge is 0.481 e. The van der Waals surface area contributed by atoms with Crippen molar-refractivity contribution in [2.75, 3.05) is 20.1 Å². The van der Waals surface area contributed by atoms with Crippen LogP contribution in [0.3, 0.4) is 0 Å². The van der Waals surface area contributed by atoms with E-state index in [1.807, 2.05) is 0 Å². The number of carbonyl (C=O) groups excluding carboxylic acids is 1. The highest BCUT2D eigenvalue weighted by Crippen LogP contribution is 2.40. The molecular formula is C13H22N2O3. The summed E-state index contributed by atoms with van der Waals surface area (Å²) >= 11 is 0. The van der Waals surface area contributed by atoms with E-state index in [1.54, 1.807) is 11.9 Å². The number of carbonyl (C=O) groups is 2. The summed E-state index contributed by atoms with van der Waals surface area (Å²) in [7, 11) is 1.78. The lowest BCUT2D eigenvalue weighted by atomic mass is 9.69. The van der Waals surface area contributed by atoms with Crippen LogP contribution in [0.4, 0.5) is 4.79 Å². The van der Waals surface area contributed by atoms with Gasteiger partial charge in [0.05, 0.1) is 5.41 Å². The van der Waals surface area contributed by atoms with E-state index < -0.39 is 11.4 Å². The molecule has 0 aliphatic heterocycles. The molecule has 2 aliphatic rings. The van der Waals surface area contributed by atoms with Gasteiger partial charge in [0.15, 0.2) is 0 Å². The molecule has 0 bridgehead atoms. The molecule has 0 aromatic heterocycles. The van der Waals surface area contributed by atoms with Crippen LogP contribution >= 0.6 is 0 Å². The predicted molar refractivity (Wildman–Crippen MR) is 67.3 cm³/mol. The smallest absolute Gasteiger partial charge is 0.317 e. The van der Waals surface area contributed by atoms with Gasteiger partial charge in [-0.2, -0.15) is 0 Å². The van der Waals surface area contributed by atoms with Crippen molar-refractivity contribution < 1.29 is 14.7 Å². The first kappa shape index (κ1) is 13.2. The van der Waals surface area contributed by atoms with E-state index in [0.29, 0.717) is 18.8 Å². The van der Waals surface area contributed by atoms with Gasteiger partial charge in [0.25, 0.3) is 0 Å². The number of nitrogens with one attached hydrogen (secondary N) is 1. The van der Waals surface area contributed by atoms with Gasteiger partial charge in [0, 0.05) is 20.1 Å². The van der Waals surface area contributed by atoms with Crippen molar-refractivity contribution in [2.45, 2.75) is 38.5 Å². The summed E-state index contributed by atoms with van der Waals surface area (Å²) in [6.45, 7) is 1.04. The third-order valence-corrected chi connectivity index (χ3v) is 4.45. The maximum absolute atomic E-state index is 11.8. The minimum Gasteiger partial charge on any atom is -0.481 e. The quantitative estimate of drug-likeness (QED) is 0.784. The fourth-order valence-electron chi connectivity index (χ4n) is 2.60. The Kier molecular flexibility index (Phi) is 3.78. The Morgan fingerprint density at radius 2 is 2.00 bits per heavy atom. The Balaban J connectivity index is 1.74. The standard InChI is InChI=1S/C13H22N2O3/c1-15(8-10-4-2-5-10)12(18)14-9-13(11(16)17)6-3-7-13/h10H,2-9H2,1H3,(H,14,18)(H,16,17). The lowest BCUT2D eigenvalue weighted by Gasteiger charge is -2.38. The molecule has 2 aliphatic carbocycles. The van der Waals surface area contributed by atoms with Crippen LogP contribution < -0.4 is 5.32 Å². The Morgan fingerprint density at radius 3 is 2.39 bits per heavy atom. The van der Waals surface area contributed by atoms with E-state index >= 15 is 0 Å². The van der Waals surface area contributed by atoms with Crippen LogP contribution in [0.1, 0.15) is 38.5 Å². The summed E-state index contributed by atoms with van der Waals surface area (Å²) in [6, 6.07) is -0.144. The number of nitrogens with zero attached hydrogens (tertiary/aromatic N) is 1. The molecule has 2 amide bonds. The maximum atomic E-state index is 11.8. The molecule has 2 N–H and O–H groups in total. The highest BCUT2D eigenvalue weighted by atomic mass is 16.4. The molecule has 0 spiro atoms. The van der Waals surface area contributed by atoms with Crippen LogP contribution in [0.25, 0.3) is 0 Å². The van der Waals surface area contributed by atoms with Crippen molar-refractivity contribution in [3.63, 3.8) is 0 Å². The minimum absolute atomic E-state index is 0.144. The zero-order chi connectivity index (χ0) is 13.2. The summed E-state index contributed by atoms with van der Waals surface area (Å²) in [5, 5.41) is 11.9. The Hall–Kier alpha value is -1.26. The van der Waals surface area contributed by atoms with Crippen molar-refractivity contribution in [1.29, 1.82) is 0 Å². The van der Waals surface area contributed by atoms with E-state index in [1.165, 1.54) is 19.3 Å². The number of rotatable bonds is 5. The van der Waals surface area contributed by atoms with Crippen LogP contribution in [0.5, 0.6) is 0 Å². The highest BCUT2D eigenvalue weighted by molar-refractivity contribution is 5.78. The topological polar surface area (TPSA) is 69.6 Å². The second-order valence-electron chi connectivity index (χ2n) is 5.78. The predicted octanol–water partition coefficient (Wildman–Crippen LogP) is 1.68. The van der Waals surface area contributed by atoms with Gasteiger partial charge < -0.3 is 15.3 Å². The molecule has 2 rings (SSSR count). The van der Waals surface area contributed by atoms with Crippen molar-refractivity contribution in [2.24, 2.45) is 11.3 Å². The van der Waals surface area contributed by atoms with Gasteiger partial charge in [0.2, 0.25) is 0 Å². The molecular weight excluding hydrogens is 232 g/mol. The fraction of sp³-hybridized carbons (Fsp3) is 0.846. The molecule has 0 unspecified atom stereocenters. The highest BCUT2D eigenvalue weighted by Gasteiger charge is 2.44. The monoisotopic (exact) mass is 254 g/mol. The molecule has 18 heavy (non-hydrogen) atoms. The van der Waals surface area contributed by atoms with E-state index in [0.717, 1.165) is 13.0 Å². The first-order chi connectivity index (χ1) is 8.53. The molecule has 0 saturated heterocycles. The summed E-state index contributed by atoms with van der Waals surface area (Å²) in [5.74, 6) is -0.145. The number of carboxylic acid groups (broad SMARTS) is 1. The van der Waals surface area contributed by atoms with Gasteiger partial charge in [-0.05, 0) is 31.6 Å². The van der Waals surface area contributed by atoms with Crippen LogP contribution in [0, 0.1) is 11.3 Å². The molecule has 2 saturated carbocycles. The zero-order valence-corrected chi connectivity index (χ0v) is 10.9. The third-order valence-electron chi connectivity index (χ3n) is 4.45. The van der Waals surface area contributed by atoms with Gasteiger partial charge in [-0.25, -0.2) is 4.79 Å². The second-order valence-corrected chi connectivity index (χ2v) is 5.78. The van der Waals surface area contributed by atoms with E-state index in [-0.39, 0.29) is 12.6 Å². The molecule has 0 aromatic carbocycles. The zero-order valence-electron chi connectivity index (χ0n) is 10.9. The molecule has 0 aromatic rings. The van der Waals surface area contributed by atoms with Crippen LogP contribution in [-0.4, -0.2) is 42.1 Å². The van der Waals surface area contributed by atoms with Crippen molar-refractivity contribution >= 4 is 12.0 Å². The second kappa shape index (κ2) is 5.16. The first-order valence-electron chi connectivity index (χ1n) is 6.76. The minimum atomic E-state index is -0.782. The van der Waals surface area contributed by atoms with Gasteiger partial charge >= 0.3 is 12.0 Å². The number of aliphatic carboxylic acids is 1. The van der Waals surface area contributed by atoms with Crippen LogP contribution in [0.15, 0.2) is 0 Å². The van der Waals surface area contributed by atoms with Crippen molar-refractivity contribution in [3.8, 4) is 0 Å². The molecule has 5 nitrogen and oxygen atoms in total. The summed E-state index contributed by atoms with van der Waals surface area (Å²) in [5.41, 5.74) is -0.701. The average Bonchev–Trinajstić information content (AvgIpc) is 2.20. The average molecular weight is 254 g/mol. The third kappa shape index (κ3) is 2.60. The van der Waals surface area contributed by atoms with Gasteiger partial charge in [-0.15, -0.1) is 0 Å². The Morgan fingerprint density at radius 1 is 1.33 bits per heavy atom. The lowest BCUT2D eigenvalue weighted by Crippen LogP contribution is -2.50. The van der Waals surface area contributed by atoms with E-state index in [4.69, 9.17) is 5.11 Å². The maximum Gasteiger partial charge on any atom is 0.317 e. The molecule has 0 heterocycles. The van der Waals surface area contributed by atoms with E-state index in [9.17, 15) is 9.59 Å². The number of hydrogen-bond acceptors (Lipinski definition) is 2.